The lowest BCUT2D eigenvalue weighted by molar-refractivity contribution is 1.19. The van der Waals surface area contributed by atoms with Crippen LogP contribution < -0.4 is 0 Å². The van der Waals surface area contributed by atoms with Gasteiger partial charge in [0.2, 0.25) is 0 Å². The van der Waals surface area contributed by atoms with E-state index >= 15 is 0 Å². The Bertz CT molecular complexity index is 653. The van der Waals surface area contributed by atoms with Crippen LogP contribution in [0, 0.1) is 13.8 Å². The van der Waals surface area contributed by atoms with E-state index in [-0.39, 0.29) is 24.0 Å². The molecule has 1 aromatic carbocycles. The Hall–Kier alpha value is -1.36. The van der Waals surface area contributed by atoms with E-state index < -0.39 is 0 Å². The molecule has 92 valence electrons. The second-order valence-electron chi connectivity index (χ2n) is 4.39. The number of halogens is 1. The minimum atomic E-state index is 0. The lowest BCUT2D eigenvalue weighted by Gasteiger charge is -2.01. The second kappa shape index (κ2) is 5.10. The minimum absolute atomic E-state index is 0. The van der Waals surface area contributed by atoms with E-state index in [9.17, 15) is 0 Å². The van der Waals surface area contributed by atoms with Crippen LogP contribution in [0.1, 0.15) is 11.1 Å². The van der Waals surface area contributed by atoms with Gasteiger partial charge in [0.05, 0.1) is 5.69 Å². The fourth-order valence-electron chi connectivity index (χ4n) is 1.97. The van der Waals surface area contributed by atoms with Crippen LogP contribution in [0.25, 0.3) is 16.9 Å². The van der Waals surface area contributed by atoms with Gasteiger partial charge in [-0.3, -0.25) is 0 Å². The first-order valence-corrected chi connectivity index (χ1v) is 5.75. The fourth-order valence-corrected chi connectivity index (χ4v) is 1.97. The first-order valence-electron chi connectivity index (χ1n) is 5.75. The molecule has 3 rings (SSSR count). The summed E-state index contributed by atoms with van der Waals surface area (Å²) in [7, 11) is 0. The summed E-state index contributed by atoms with van der Waals surface area (Å²) < 4.78 is 2.05. The zero-order valence-corrected chi connectivity index (χ0v) is 12.8. The quantitative estimate of drug-likeness (QED) is 0.600. The molecule has 0 saturated carbocycles. The Labute approximate surface area is 124 Å². The van der Waals surface area contributed by atoms with E-state index in [4.69, 9.17) is 0 Å². The van der Waals surface area contributed by atoms with Gasteiger partial charge in [0.15, 0.2) is 0 Å². The number of pyridine rings is 1. The molecular weight excluding hydrogens is 335 g/mol. The van der Waals surface area contributed by atoms with E-state index in [0.29, 0.717) is 0 Å². The van der Waals surface area contributed by atoms with E-state index in [0.717, 1.165) is 11.3 Å². The van der Waals surface area contributed by atoms with E-state index in [1.807, 2.05) is 28.8 Å². The largest absolute Gasteiger partial charge is 0.306 e. The number of hydrogen-bond donors (Lipinski definition) is 0. The molecule has 18 heavy (non-hydrogen) atoms. The van der Waals surface area contributed by atoms with Crippen LogP contribution in [0.3, 0.4) is 0 Å². The number of fused-ring (bicyclic) bond motifs is 1. The van der Waals surface area contributed by atoms with E-state index in [1.165, 1.54) is 16.7 Å². The Balaban J connectivity index is 0.00000120. The normalized spacial score (nSPS) is 10.3. The van der Waals surface area contributed by atoms with Gasteiger partial charge in [-0.25, -0.2) is 4.98 Å². The van der Waals surface area contributed by atoms with Crippen LogP contribution in [0.15, 0.2) is 48.8 Å². The summed E-state index contributed by atoms with van der Waals surface area (Å²) in [6.07, 6.45) is 4.09. The number of imidazole rings is 1. The first kappa shape index (κ1) is 13.1. The van der Waals surface area contributed by atoms with Crippen molar-refractivity contribution in [3.05, 3.63) is 59.9 Å². The summed E-state index contributed by atoms with van der Waals surface area (Å²) in [5.41, 5.74) is 5.81. The van der Waals surface area contributed by atoms with Crippen molar-refractivity contribution in [3.8, 4) is 11.3 Å². The van der Waals surface area contributed by atoms with Crippen molar-refractivity contribution in [1.82, 2.24) is 9.38 Å². The standard InChI is InChI=1S/C15H14N2.HI/c1-11-6-7-13(9-12(11)2)14-10-17-8-4-3-5-15(17)16-14;/h3-10H,1-2H3;1H. The van der Waals surface area contributed by atoms with Gasteiger partial charge >= 0.3 is 0 Å². The number of benzene rings is 1. The molecule has 0 aliphatic heterocycles. The van der Waals surface area contributed by atoms with Crippen LogP contribution in [0.5, 0.6) is 0 Å². The molecule has 0 atom stereocenters. The summed E-state index contributed by atoms with van der Waals surface area (Å²) >= 11 is 0. The lowest BCUT2D eigenvalue weighted by atomic mass is 10.1. The Morgan fingerprint density at radius 2 is 1.83 bits per heavy atom. The zero-order valence-electron chi connectivity index (χ0n) is 10.4. The molecule has 0 saturated heterocycles. The van der Waals surface area contributed by atoms with Crippen LogP contribution in [-0.2, 0) is 0 Å². The highest BCUT2D eigenvalue weighted by molar-refractivity contribution is 14.0. The zero-order chi connectivity index (χ0) is 11.8. The van der Waals surface area contributed by atoms with Crippen molar-refractivity contribution in [3.63, 3.8) is 0 Å². The average Bonchev–Trinajstić information content (AvgIpc) is 2.76. The summed E-state index contributed by atoms with van der Waals surface area (Å²) in [6, 6.07) is 12.5. The SMILES string of the molecule is Cc1ccc(-c2cn3ccccc3n2)cc1C.I. The van der Waals surface area contributed by atoms with Crippen LogP contribution >= 0.6 is 24.0 Å². The molecule has 0 unspecified atom stereocenters. The third kappa shape index (κ3) is 2.27. The number of aryl methyl sites for hydroxylation is 2. The van der Waals surface area contributed by atoms with Crippen molar-refractivity contribution < 1.29 is 0 Å². The monoisotopic (exact) mass is 350 g/mol. The maximum atomic E-state index is 4.62. The molecule has 0 fully saturated rings. The summed E-state index contributed by atoms with van der Waals surface area (Å²) in [5.74, 6) is 0. The van der Waals surface area contributed by atoms with Crippen molar-refractivity contribution in [2.24, 2.45) is 0 Å². The Kier molecular flexibility index (Phi) is 3.71. The smallest absolute Gasteiger partial charge is 0.137 e. The first-order chi connectivity index (χ1) is 8.24. The predicted octanol–water partition coefficient (Wildman–Crippen LogP) is 4.24. The molecule has 3 aromatic rings. The summed E-state index contributed by atoms with van der Waals surface area (Å²) in [4.78, 5) is 4.62. The third-order valence-electron chi connectivity index (χ3n) is 3.17. The topological polar surface area (TPSA) is 17.3 Å². The van der Waals surface area contributed by atoms with Gasteiger partial charge in [-0.1, -0.05) is 18.2 Å². The molecule has 0 aliphatic rings. The lowest BCUT2D eigenvalue weighted by Crippen LogP contribution is -1.83. The summed E-state index contributed by atoms with van der Waals surface area (Å²) in [6.45, 7) is 4.26. The molecule has 2 aromatic heterocycles. The molecule has 3 heteroatoms. The second-order valence-corrected chi connectivity index (χ2v) is 4.39. The molecule has 2 nitrogen and oxygen atoms in total. The van der Waals surface area contributed by atoms with Gasteiger partial charge in [0.1, 0.15) is 5.65 Å². The van der Waals surface area contributed by atoms with Gasteiger partial charge in [-0.2, -0.15) is 0 Å². The molecular formula is C15H15IN2. The maximum Gasteiger partial charge on any atom is 0.137 e. The van der Waals surface area contributed by atoms with Gasteiger partial charge in [0.25, 0.3) is 0 Å². The van der Waals surface area contributed by atoms with Crippen LogP contribution in [0.2, 0.25) is 0 Å². The molecule has 0 spiro atoms. The van der Waals surface area contributed by atoms with E-state index in [1.54, 1.807) is 0 Å². The van der Waals surface area contributed by atoms with Crippen molar-refractivity contribution in [1.29, 1.82) is 0 Å². The number of nitrogens with zero attached hydrogens (tertiary/aromatic N) is 2. The number of hydrogen-bond acceptors (Lipinski definition) is 1. The van der Waals surface area contributed by atoms with Gasteiger partial charge < -0.3 is 4.40 Å². The van der Waals surface area contributed by atoms with Gasteiger partial charge in [-0.15, -0.1) is 24.0 Å². The Morgan fingerprint density at radius 3 is 2.56 bits per heavy atom. The number of aromatic nitrogens is 2. The molecule has 2 heterocycles. The highest BCUT2D eigenvalue weighted by Gasteiger charge is 2.04. The van der Waals surface area contributed by atoms with Crippen molar-refractivity contribution >= 4 is 29.6 Å². The van der Waals surface area contributed by atoms with Crippen LogP contribution in [0.4, 0.5) is 0 Å². The molecule has 0 N–H and O–H groups in total. The summed E-state index contributed by atoms with van der Waals surface area (Å²) in [5, 5.41) is 0. The van der Waals surface area contributed by atoms with E-state index in [2.05, 4.69) is 43.2 Å². The van der Waals surface area contributed by atoms with Crippen LogP contribution in [-0.4, -0.2) is 9.38 Å². The highest BCUT2D eigenvalue weighted by atomic mass is 127. The van der Waals surface area contributed by atoms with Crippen molar-refractivity contribution in [2.45, 2.75) is 13.8 Å². The minimum Gasteiger partial charge on any atom is -0.306 e. The third-order valence-corrected chi connectivity index (χ3v) is 3.17. The molecule has 0 bridgehead atoms. The highest BCUT2D eigenvalue weighted by Crippen LogP contribution is 2.21. The van der Waals surface area contributed by atoms with Gasteiger partial charge in [-0.05, 0) is 43.2 Å². The Morgan fingerprint density at radius 1 is 1.00 bits per heavy atom. The molecule has 0 aliphatic carbocycles. The van der Waals surface area contributed by atoms with Gasteiger partial charge in [0, 0.05) is 18.0 Å². The molecule has 0 radical (unpaired) electrons. The maximum absolute atomic E-state index is 4.62. The number of rotatable bonds is 1. The predicted molar refractivity (Wildman–Crippen MR) is 85.5 cm³/mol. The average molecular weight is 350 g/mol. The molecule has 0 amide bonds. The fraction of sp³-hybridized carbons (Fsp3) is 0.133. The van der Waals surface area contributed by atoms with Crippen molar-refractivity contribution in [2.75, 3.05) is 0 Å².